The smallest absolute Gasteiger partial charge is 0.240 e. The lowest BCUT2D eigenvalue weighted by molar-refractivity contribution is -0.122. The van der Waals surface area contributed by atoms with Gasteiger partial charge in [0.2, 0.25) is 11.8 Å². The molecule has 0 saturated heterocycles. The number of halogens is 2. The number of hydrogen-bond donors (Lipinski definition) is 4. The highest BCUT2D eigenvalue weighted by Crippen LogP contribution is 2.20. The molecule has 0 aliphatic rings. The van der Waals surface area contributed by atoms with Crippen molar-refractivity contribution in [2.24, 2.45) is 10.2 Å². The minimum Gasteiger partial charge on any atom is -0.507 e. The Morgan fingerprint density at radius 3 is 1.50 bits per heavy atom. The van der Waals surface area contributed by atoms with Gasteiger partial charge in [-0.05, 0) is 49.2 Å². The van der Waals surface area contributed by atoms with E-state index in [1.807, 2.05) is 0 Å². The number of phenols is 2. The second kappa shape index (κ2) is 15.2. The maximum absolute atomic E-state index is 11.8. The van der Waals surface area contributed by atoms with Crippen LogP contribution in [-0.4, -0.2) is 34.5 Å². The molecular formula is C24H28Br2N4O4. The van der Waals surface area contributed by atoms with E-state index in [0.717, 1.165) is 47.5 Å². The predicted octanol–water partition coefficient (Wildman–Crippen LogP) is 5.34. The van der Waals surface area contributed by atoms with E-state index in [4.69, 9.17) is 0 Å². The van der Waals surface area contributed by atoms with Crippen molar-refractivity contribution in [3.8, 4) is 11.5 Å². The number of hydrogen-bond acceptors (Lipinski definition) is 6. The van der Waals surface area contributed by atoms with Crippen LogP contribution in [0.4, 0.5) is 0 Å². The van der Waals surface area contributed by atoms with Gasteiger partial charge in [0.1, 0.15) is 11.5 Å². The number of amides is 2. The lowest BCUT2D eigenvalue weighted by Gasteiger charge is -2.03. The molecular weight excluding hydrogens is 568 g/mol. The average Bonchev–Trinajstić information content (AvgIpc) is 2.80. The fraction of sp³-hybridized carbons (Fsp3) is 0.333. The van der Waals surface area contributed by atoms with E-state index in [0.29, 0.717) is 24.0 Å². The summed E-state index contributed by atoms with van der Waals surface area (Å²) in [6.45, 7) is 0. The Balaban J connectivity index is 1.49. The molecule has 8 nitrogen and oxygen atoms in total. The second-order valence-electron chi connectivity index (χ2n) is 7.61. The standard InChI is InChI=1S/C24H28Br2N4O4/c25-19-9-11-21(31)17(13-19)15-27-29-23(33)7-5-3-1-2-4-6-8-24(34)30-28-16-18-14-20(26)10-12-22(18)32/h9-16,31-32H,1-8H2,(H,29,33)(H,30,34). The zero-order valence-electron chi connectivity index (χ0n) is 18.6. The van der Waals surface area contributed by atoms with E-state index < -0.39 is 0 Å². The maximum atomic E-state index is 11.8. The number of unbranched alkanes of at least 4 members (excludes halogenated alkanes) is 5. The van der Waals surface area contributed by atoms with E-state index in [1.54, 1.807) is 36.4 Å². The van der Waals surface area contributed by atoms with E-state index in [-0.39, 0.29) is 23.3 Å². The van der Waals surface area contributed by atoms with Crippen molar-refractivity contribution < 1.29 is 19.8 Å². The molecule has 2 aromatic rings. The van der Waals surface area contributed by atoms with Gasteiger partial charge >= 0.3 is 0 Å². The van der Waals surface area contributed by atoms with Crippen LogP contribution >= 0.6 is 31.9 Å². The first-order valence-corrected chi connectivity index (χ1v) is 12.5. The molecule has 34 heavy (non-hydrogen) atoms. The van der Waals surface area contributed by atoms with Gasteiger partial charge in [-0.2, -0.15) is 10.2 Å². The van der Waals surface area contributed by atoms with Crippen molar-refractivity contribution in [2.75, 3.05) is 0 Å². The lowest BCUT2D eigenvalue weighted by Crippen LogP contribution is -2.17. The minimum atomic E-state index is -0.167. The van der Waals surface area contributed by atoms with Crippen LogP contribution in [0.25, 0.3) is 0 Å². The number of carbonyl (C=O) groups excluding carboxylic acids is 2. The molecule has 0 unspecified atom stereocenters. The quantitative estimate of drug-likeness (QED) is 0.142. The molecule has 0 radical (unpaired) electrons. The summed E-state index contributed by atoms with van der Waals surface area (Å²) in [5, 5.41) is 27.2. The van der Waals surface area contributed by atoms with Crippen molar-refractivity contribution >= 4 is 56.1 Å². The van der Waals surface area contributed by atoms with Crippen LogP contribution in [0, 0.1) is 0 Å². The van der Waals surface area contributed by atoms with Gasteiger partial charge < -0.3 is 10.2 Å². The molecule has 2 rings (SSSR count). The number of phenolic OH excluding ortho intramolecular Hbond substituents is 2. The molecule has 0 bridgehead atoms. The summed E-state index contributed by atoms with van der Waals surface area (Å²) in [5.74, 6) is -0.155. The van der Waals surface area contributed by atoms with Crippen molar-refractivity contribution in [2.45, 2.75) is 51.4 Å². The summed E-state index contributed by atoms with van der Waals surface area (Å²) in [6.07, 6.45) is 8.95. The molecule has 0 aromatic heterocycles. The molecule has 0 atom stereocenters. The number of rotatable bonds is 13. The first kappa shape index (κ1) is 27.5. The van der Waals surface area contributed by atoms with Crippen LogP contribution in [0.2, 0.25) is 0 Å². The zero-order chi connectivity index (χ0) is 24.8. The summed E-state index contributed by atoms with van der Waals surface area (Å²) in [6, 6.07) is 9.94. The summed E-state index contributed by atoms with van der Waals surface area (Å²) in [4.78, 5) is 23.7. The maximum Gasteiger partial charge on any atom is 0.240 e. The van der Waals surface area contributed by atoms with Crippen LogP contribution in [0.3, 0.4) is 0 Å². The number of nitrogens with zero attached hydrogens (tertiary/aromatic N) is 2. The second-order valence-corrected chi connectivity index (χ2v) is 9.45. The molecule has 0 spiro atoms. The van der Waals surface area contributed by atoms with E-state index >= 15 is 0 Å². The first-order valence-electron chi connectivity index (χ1n) is 11.0. The van der Waals surface area contributed by atoms with Gasteiger partial charge in [-0.1, -0.05) is 57.5 Å². The number of benzene rings is 2. The highest BCUT2D eigenvalue weighted by Gasteiger charge is 2.03. The molecule has 0 heterocycles. The average molecular weight is 596 g/mol. The van der Waals surface area contributed by atoms with Gasteiger partial charge in [0, 0.05) is 32.9 Å². The van der Waals surface area contributed by atoms with Crippen molar-refractivity contribution in [1.29, 1.82) is 0 Å². The Bertz CT molecular complexity index is 947. The van der Waals surface area contributed by atoms with Crippen LogP contribution in [0.15, 0.2) is 55.5 Å². The molecule has 182 valence electrons. The molecule has 0 fully saturated rings. The Kier molecular flexibility index (Phi) is 12.3. The normalized spacial score (nSPS) is 11.2. The van der Waals surface area contributed by atoms with Crippen molar-refractivity contribution in [3.63, 3.8) is 0 Å². The molecule has 0 aliphatic carbocycles. The van der Waals surface area contributed by atoms with Crippen LogP contribution < -0.4 is 10.9 Å². The summed E-state index contributed by atoms with van der Waals surface area (Å²) >= 11 is 6.63. The van der Waals surface area contributed by atoms with Crippen LogP contribution in [-0.2, 0) is 9.59 Å². The fourth-order valence-corrected chi connectivity index (χ4v) is 3.75. The third-order valence-corrected chi connectivity index (χ3v) is 5.81. The topological polar surface area (TPSA) is 123 Å². The Hall–Kier alpha value is -2.72. The van der Waals surface area contributed by atoms with Gasteiger partial charge in [-0.15, -0.1) is 0 Å². The van der Waals surface area contributed by atoms with Gasteiger partial charge in [0.25, 0.3) is 0 Å². The zero-order valence-corrected chi connectivity index (χ0v) is 21.8. The predicted molar refractivity (Wildman–Crippen MR) is 140 cm³/mol. The molecule has 0 saturated carbocycles. The van der Waals surface area contributed by atoms with Gasteiger partial charge in [0.05, 0.1) is 12.4 Å². The molecule has 2 amide bonds. The number of hydrazone groups is 2. The third-order valence-electron chi connectivity index (χ3n) is 4.82. The van der Waals surface area contributed by atoms with Crippen LogP contribution in [0.5, 0.6) is 11.5 Å². The molecule has 4 N–H and O–H groups in total. The van der Waals surface area contributed by atoms with E-state index in [1.165, 1.54) is 12.4 Å². The SMILES string of the molecule is O=C(CCCCCCCCC(=O)NN=Cc1cc(Br)ccc1O)NN=Cc1cc(Br)ccc1O. The summed E-state index contributed by atoms with van der Waals surface area (Å²) < 4.78 is 1.62. The van der Waals surface area contributed by atoms with Crippen molar-refractivity contribution in [3.05, 3.63) is 56.5 Å². The largest absolute Gasteiger partial charge is 0.507 e. The number of carbonyl (C=O) groups is 2. The van der Waals surface area contributed by atoms with Gasteiger partial charge in [0.15, 0.2) is 0 Å². The lowest BCUT2D eigenvalue weighted by atomic mass is 10.1. The molecule has 2 aromatic carbocycles. The van der Waals surface area contributed by atoms with Crippen LogP contribution in [0.1, 0.15) is 62.5 Å². The fourth-order valence-electron chi connectivity index (χ4n) is 3.00. The summed E-state index contributed by atoms with van der Waals surface area (Å²) in [7, 11) is 0. The Labute approximate surface area is 215 Å². The van der Waals surface area contributed by atoms with E-state index in [2.05, 4.69) is 52.9 Å². The molecule has 10 heteroatoms. The third kappa shape index (κ3) is 10.9. The first-order chi connectivity index (χ1) is 16.3. The highest BCUT2D eigenvalue weighted by molar-refractivity contribution is 9.10. The van der Waals surface area contributed by atoms with Gasteiger partial charge in [-0.25, -0.2) is 10.9 Å². The van der Waals surface area contributed by atoms with Crippen molar-refractivity contribution in [1.82, 2.24) is 10.9 Å². The highest BCUT2D eigenvalue weighted by atomic mass is 79.9. The number of nitrogens with one attached hydrogen (secondary N) is 2. The summed E-state index contributed by atoms with van der Waals surface area (Å²) in [5.41, 5.74) is 5.96. The Morgan fingerprint density at radius 1 is 0.706 bits per heavy atom. The minimum absolute atomic E-state index is 0.0901. The monoisotopic (exact) mass is 594 g/mol. The van der Waals surface area contributed by atoms with Gasteiger partial charge in [-0.3, -0.25) is 9.59 Å². The van der Waals surface area contributed by atoms with E-state index in [9.17, 15) is 19.8 Å². The molecule has 0 aliphatic heterocycles. The number of aromatic hydroxyl groups is 2. The Morgan fingerprint density at radius 2 is 1.09 bits per heavy atom.